The van der Waals surface area contributed by atoms with Crippen LogP contribution in [0.2, 0.25) is 0 Å². The van der Waals surface area contributed by atoms with Gasteiger partial charge in [-0.1, -0.05) is 40.7 Å². The van der Waals surface area contributed by atoms with Crippen molar-refractivity contribution in [1.29, 1.82) is 0 Å². The first-order valence-electron chi connectivity index (χ1n) is 14.3. The summed E-state index contributed by atoms with van der Waals surface area (Å²) in [6, 6.07) is 11.6. The number of ketones is 1. The van der Waals surface area contributed by atoms with E-state index in [4.69, 9.17) is 14.2 Å². The van der Waals surface area contributed by atoms with Crippen molar-refractivity contribution in [1.82, 2.24) is 9.80 Å². The van der Waals surface area contributed by atoms with Crippen molar-refractivity contribution in [3.63, 3.8) is 0 Å². The number of amides is 1. The fourth-order valence-electron chi connectivity index (χ4n) is 4.71. The highest BCUT2D eigenvalue weighted by atomic mass is 16.5. The van der Waals surface area contributed by atoms with Crippen LogP contribution in [0.25, 0.3) is 5.76 Å². The van der Waals surface area contributed by atoms with Gasteiger partial charge in [-0.3, -0.25) is 9.59 Å². The van der Waals surface area contributed by atoms with Gasteiger partial charge in [0.1, 0.15) is 11.5 Å². The average molecular weight is 553 g/mol. The number of hydrogen-bond donors (Lipinski definition) is 1. The second-order valence-corrected chi connectivity index (χ2v) is 10.3. The van der Waals surface area contributed by atoms with Gasteiger partial charge in [-0.05, 0) is 73.8 Å². The average Bonchev–Trinajstić information content (AvgIpc) is 3.21. The molecular weight excluding hydrogens is 508 g/mol. The molecule has 2 aromatic rings. The molecule has 1 fully saturated rings. The minimum atomic E-state index is -0.773. The Hall–Kier alpha value is -3.52. The summed E-state index contributed by atoms with van der Waals surface area (Å²) in [5, 5.41) is 11.4. The number of Topliss-reactive ketones (excluding diaryl/α,β-unsaturated/α-hetero) is 1. The van der Waals surface area contributed by atoms with E-state index in [2.05, 4.69) is 32.6 Å². The molecule has 1 aliphatic heterocycles. The molecule has 1 heterocycles. The number of hydrogen-bond acceptors (Lipinski definition) is 7. The van der Waals surface area contributed by atoms with E-state index in [0.29, 0.717) is 60.6 Å². The predicted molar refractivity (Wildman–Crippen MR) is 157 cm³/mol. The molecule has 1 N–H and O–H groups in total. The molecule has 0 spiro atoms. The van der Waals surface area contributed by atoms with Crippen molar-refractivity contribution in [3.8, 4) is 17.2 Å². The van der Waals surface area contributed by atoms with E-state index in [-0.39, 0.29) is 11.3 Å². The summed E-state index contributed by atoms with van der Waals surface area (Å²) >= 11 is 0. The Morgan fingerprint density at radius 2 is 1.68 bits per heavy atom. The Kier molecular flexibility index (Phi) is 11.4. The molecule has 0 aromatic heterocycles. The molecule has 0 radical (unpaired) electrons. The number of methoxy groups -OCH3 is 1. The third-order valence-corrected chi connectivity index (χ3v) is 7.15. The quantitative estimate of drug-likeness (QED) is 0.173. The summed E-state index contributed by atoms with van der Waals surface area (Å²) in [6.07, 6.45) is 1.78. The van der Waals surface area contributed by atoms with Crippen LogP contribution in [0.4, 0.5) is 0 Å². The van der Waals surface area contributed by atoms with E-state index in [0.717, 1.165) is 25.9 Å². The van der Waals surface area contributed by atoms with Gasteiger partial charge in [0.2, 0.25) is 0 Å². The highest BCUT2D eigenvalue weighted by Crippen LogP contribution is 2.42. The van der Waals surface area contributed by atoms with Crippen molar-refractivity contribution in [2.45, 2.75) is 53.5 Å². The molecule has 1 saturated heterocycles. The first kappa shape index (κ1) is 31.0. The predicted octanol–water partition coefficient (Wildman–Crippen LogP) is 5.67. The van der Waals surface area contributed by atoms with E-state index in [9.17, 15) is 14.7 Å². The minimum Gasteiger partial charge on any atom is -0.507 e. The van der Waals surface area contributed by atoms with Crippen LogP contribution in [0, 0.1) is 5.92 Å². The van der Waals surface area contributed by atoms with Gasteiger partial charge in [0, 0.05) is 18.7 Å². The molecule has 1 atom stereocenters. The summed E-state index contributed by atoms with van der Waals surface area (Å²) in [6.45, 7) is 14.2. The second kappa shape index (κ2) is 14.7. The van der Waals surface area contributed by atoms with Gasteiger partial charge in [0.05, 0.1) is 31.9 Å². The number of benzene rings is 2. The standard InChI is InChI=1S/C32H44N2O6/c1-7-19-39-25-13-10-23(11-14-25)30(35)28-29(34(32(37)31(28)36)18-17-33(8-2)9-3)24-12-15-26(27(21-24)38-6)40-20-16-22(4)5/h10-15,21-22,29,35H,7-9,16-20H2,1-6H3/b30-28+. The number of ether oxygens (including phenoxy) is 3. The number of aliphatic hydroxyl groups is 1. The molecule has 1 amide bonds. The van der Waals surface area contributed by atoms with Crippen LogP contribution >= 0.6 is 0 Å². The number of carbonyl (C=O) groups is 2. The van der Waals surface area contributed by atoms with Crippen LogP contribution in [0.5, 0.6) is 17.2 Å². The Bertz CT molecular complexity index is 1170. The Morgan fingerprint density at radius 3 is 2.27 bits per heavy atom. The highest BCUT2D eigenvalue weighted by Gasteiger charge is 2.46. The van der Waals surface area contributed by atoms with Crippen LogP contribution in [-0.4, -0.2) is 73.1 Å². The topological polar surface area (TPSA) is 88.5 Å². The van der Waals surface area contributed by atoms with Crippen LogP contribution in [-0.2, 0) is 9.59 Å². The summed E-state index contributed by atoms with van der Waals surface area (Å²) in [5.41, 5.74) is 1.16. The SMILES string of the molecule is CCCOc1ccc(/C(O)=C2\C(=O)C(=O)N(CCN(CC)CC)C2c2ccc(OCCC(C)C)c(OC)c2)cc1. The van der Waals surface area contributed by atoms with Crippen molar-refractivity contribution in [3.05, 3.63) is 59.2 Å². The maximum atomic E-state index is 13.4. The van der Waals surface area contributed by atoms with Crippen LogP contribution in [0.15, 0.2) is 48.0 Å². The molecule has 218 valence electrons. The highest BCUT2D eigenvalue weighted by molar-refractivity contribution is 6.46. The van der Waals surface area contributed by atoms with Crippen molar-refractivity contribution in [2.24, 2.45) is 5.92 Å². The molecule has 8 nitrogen and oxygen atoms in total. The lowest BCUT2D eigenvalue weighted by atomic mass is 9.95. The van der Waals surface area contributed by atoms with E-state index in [1.807, 2.05) is 13.0 Å². The second-order valence-electron chi connectivity index (χ2n) is 10.3. The summed E-state index contributed by atoms with van der Waals surface area (Å²) in [7, 11) is 1.56. The van der Waals surface area contributed by atoms with E-state index < -0.39 is 17.7 Å². The molecular formula is C32H44N2O6. The van der Waals surface area contributed by atoms with Crippen LogP contribution in [0.3, 0.4) is 0 Å². The van der Waals surface area contributed by atoms with Crippen LogP contribution in [0.1, 0.15) is 64.6 Å². The molecule has 3 rings (SSSR count). The van der Waals surface area contributed by atoms with E-state index in [1.165, 1.54) is 0 Å². The fraction of sp³-hybridized carbons (Fsp3) is 0.500. The molecule has 0 saturated carbocycles. The molecule has 8 heteroatoms. The third kappa shape index (κ3) is 7.36. The van der Waals surface area contributed by atoms with Gasteiger partial charge in [-0.2, -0.15) is 0 Å². The lowest BCUT2D eigenvalue weighted by molar-refractivity contribution is -0.140. The van der Waals surface area contributed by atoms with Gasteiger partial charge in [-0.15, -0.1) is 0 Å². The van der Waals surface area contributed by atoms with Gasteiger partial charge >= 0.3 is 0 Å². The number of likely N-dealkylation sites (N-methyl/N-ethyl adjacent to an activating group) is 1. The molecule has 40 heavy (non-hydrogen) atoms. The monoisotopic (exact) mass is 552 g/mol. The Morgan fingerprint density at radius 1 is 0.975 bits per heavy atom. The minimum absolute atomic E-state index is 0.0577. The van der Waals surface area contributed by atoms with Crippen molar-refractivity contribution >= 4 is 17.4 Å². The summed E-state index contributed by atoms with van der Waals surface area (Å²) in [5.74, 6) is 0.729. The maximum Gasteiger partial charge on any atom is 0.295 e. The zero-order chi connectivity index (χ0) is 29.2. The number of likely N-dealkylation sites (tertiary alicyclic amines) is 1. The Balaban J connectivity index is 2.05. The van der Waals surface area contributed by atoms with Crippen molar-refractivity contribution < 1.29 is 28.9 Å². The zero-order valence-electron chi connectivity index (χ0n) is 24.7. The van der Waals surface area contributed by atoms with Gasteiger partial charge in [-0.25, -0.2) is 0 Å². The van der Waals surface area contributed by atoms with E-state index >= 15 is 0 Å². The number of aliphatic hydroxyl groups excluding tert-OH is 1. The molecule has 0 aliphatic carbocycles. The number of carbonyl (C=O) groups excluding carboxylic acids is 2. The fourth-order valence-corrected chi connectivity index (χ4v) is 4.71. The molecule has 0 bridgehead atoms. The molecule has 1 unspecified atom stereocenters. The lowest BCUT2D eigenvalue weighted by Gasteiger charge is -2.28. The summed E-state index contributed by atoms with van der Waals surface area (Å²) in [4.78, 5) is 30.5. The third-order valence-electron chi connectivity index (χ3n) is 7.15. The van der Waals surface area contributed by atoms with Crippen molar-refractivity contribution in [2.75, 3.05) is 46.5 Å². The van der Waals surface area contributed by atoms with Gasteiger partial charge in [0.25, 0.3) is 11.7 Å². The molecule has 1 aliphatic rings. The first-order valence-corrected chi connectivity index (χ1v) is 14.3. The number of nitrogens with zero attached hydrogens (tertiary/aromatic N) is 2. The van der Waals surface area contributed by atoms with Gasteiger partial charge < -0.3 is 29.1 Å². The maximum absolute atomic E-state index is 13.4. The van der Waals surface area contributed by atoms with E-state index in [1.54, 1.807) is 48.4 Å². The molecule has 2 aromatic carbocycles. The largest absolute Gasteiger partial charge is 0.507 e. The van der Waals surface area contributed by atoms with Crippen LogP contribution < -0.4 is 14.2 Å². The normalized spacial score (nSPS) is 16.7. The summed E-state index contributed by atoms with van der Waals surface area (Å²) < 4.78 is 17.3. The first-order chi connectivity index (χ1) is 19.2. The smallest absolute Gasteiger partial charge is 0.295 e. The lowest BCUT2D eigenvalue weighted by Crippen LogP contribution is -2.38. The number of rotatable bonds is 15. The Labute approximate surface area is 238 Å². The zero-order valence-corrected chi connectivity index (χ0v) is 24.7. The van der Waals surface area contributed by atoms with Gasteiger partial charge in [0.15, 0.2) is 11.5 Å².